The summed E-state index contributed by atoms with van der Waals surface area (Å²) in [5.41, 5.74) is -1.40. The van der Waals surface area contributed by atoms with Crippen LogP contribution in [-0.2, 0) is 4.74 Å². The molecule has 0 aromatic heterocycles. The molecule has 0 amide bonds. The van der Waals surface area contributed by atoms with Crippen LogP contribution in [0.1, 0.15) is 6.42 Å². The number of hydrogen-bond acceptors (Lipinski definition) is 4. The van der Waals surface area contributed by atoms with E-state index in [-0.39, 0.29) is 6.42 Å². The summed E-state index contributed by atoms with van der Waals surface area (Å²) in [6, 6.07) is 0. The second kappa shape index (κ2) is 2.80. The van der Waals surface area contributed by atoms with Gasteiger partial charge < -0.3 is 20.1 Å². The third kappa shape index (κ3) is 1.24. The van der Waals surface area contributed by atoms with Gasteiger partial charge in [-0.3, -0.25) is 0 Å². The standard InChI is InChI=1S/C7H10O4/c1-2-7(4-8)5(9)3-6(10)11-7/h1,5-6,8-10H,3-4H2/t5-,6?,7+/m0/s1. The second-order valence-electron chi connectivity index (χ2n) is 2.52. The fourth-order valence-electron chi connectivity index (χ4n) is 1.07. The monoisotopic (exact) mass is 158 g/mol. The maximum absolute atomic E-state index is 9.22. The van der Waals surface area contributed by atoms with E-state index in [2.05, 4.69) is 5.92 Å². The lowest BCUT2D eigenvalue weighted by molar-refractivity contribution is -0.139. The maximum Gasteiger partial charge on any atom is 0.180 e. The Kier molecular flexibility index (Phi) is 2.16. The highest BCUT2D eigenvalue weighted by atomic mass is 16.6. The van der Waals surface area contributed by atoms with E-state index < -0.39 is 24.6 Å². The van der Waals surface area contributed by atoms with Gasteiger partial charge in [0.05, 0.1) is 6.61 Å². The average Bonchev–Trinajstić information content (AvgIpc) is 2.27. The van der Waals surface area contributed by atoms with Crippen LogP contribution >= 0.6 is 0 Å². The Labute approximate surface area is 64.4 Å². The van der Waals surface area contributed by atoms with Crippen LogP contribution in [0.4, 0.5) is 0 Å². The molecule has 1 aliphatic heterocycles. The molecule has 11 heavy (non-hydrogen) atoms. The zero-order valence-corrected chi connectivity index (χ0v) is 5.90. The fourth-order valence-corrected chi connectivity index (χ4v) is 1.07. The molecule has 1 rings (SSSR count). The second-order valence-corrected chi connectivity index (χ2v) is 2.52. The van der Waals surface area contributed by atoms with E-state index in [1.165, 1.54) is 0 Å². The minimum atomic E-state index is -1.40. The van der Waals surface area contributed by atoms with Crippen molar-refractivity contribution in [3.8, 4) is 12.3 Å². The lowest BCUT2D eigenvalue weighted by Gasteiger charge is -2.22. The van der Waals surface area contributed by atoms with Crippen LogP contribution in [0.2, 0.25) is 0 Å². The molecule has 1 saturated heterocycles. The number of aliphatic hydroxyl groups excluding tert-OH is 3. The zero-order valence-electron chi connectivity index (χ0n) is 5.90. The number of terminal acetylenes is 1. The van der Waals surface area contributed by atoms with E-state index in [1.54, 1.807) is 0 Å². The third-order valence-electron chi connectivity index (χ3n) is 1.79. The molecule has 1 heterocycles. The Balaban J connectivity index is 2.78. The molecule has 0 bridgehead atoms. The van der Waals surface area contributed by atoms with Gasteiger partial charge >= 0.3 is 0 Å². The normalized spacial score (nSPS) is 43.8. The summed E-state index contributed by atoms with van der Waals surface area (Å²) in [5, 5.41) is 26.9. The Morgan fingerprint density at radius 3 is 2.45 bits per heavy atom. The van der Waals surface area contributed by atoms with E-state index >= 15 is 0 Å². The minimum Gasteiger partial charge on any atom is -0.392 e. The van der Waals surface area contributed by atoms with Crippen LogP contribution in [-0.4, -0.2) is 39.9 Å². The van der Waals surface area contributed by atoms with Crippen molar-refractivity contribution >= 4 is 0 Å². The summed E-state index contributed by atoms with van der Waals surface area (Å²) < 4.78 is 4.78. The van der Waals surface area contributed by atoms with E-state index in [1.807, 2.05) is 0 Å². The van der Waals surface area contributed by atoms with Gasteiger partial charge in [0.1, 0.15) is 6.10 Å². The van der Waals surface area contributed by atoms with E-state index in [9.17, 15) is 5.11 Å². The Bertz CT molecular complexity index is 185. The van der Waals surface area contributed by atoms with Crippen LogP contribution in [0.3, 0.4) is 0 Å². The van der Waals surface area contributed by atoms with Crippen molar-refractivity contribution in [3.05, 3.63) is 0 Å². The molecule has 0 saturated carbocycles. The molecule has 1 fully saturated rings. The van der Waals surface area contributed by atoms with Gasteiger partial charge in [0, 0.05) is 6.42 Å². The summed E-state index contributed by atoms with van der Waals surface area (Å²) in [6.07, 6.45) is 3.00. The Hall–Kier alpha value is -0.600. The number of ether oxygens (including phenoxy) is 1. The number of hydrogen-bond donors (Lipinski definition) is 3. The van der Waals surface area contributed by atoms with Gasteiger partial charge in [-0.25, -0.2) is 0 Å². The molecule has 0 radical (unpaired) electrons. The summed E-state index contributed by atoms with van der Waals surface area (Å²) >= 11 is 0. The highest BCUT2D eigenvalue weighted by Crippen LogP contribution is 2.28. The predicted octanol–water partition coefficient (Wildman–Crippen LogP) is -1.55. The predicted molar refractivity (Wildman–Crippen MR) is 36.4 cm³/mol. The lowest BCUT2D eigenvalue weighted by atomic mass is 9.99. The average molecular weight is 158 g/mol. The van der Waals surface area contributed by atoms with Gasteiger partial charge in [-0.15, -0.1) is 6.42 Å². The van der Waals surface area contributed by atoms with Crippen molar-refractivity contribution in [2.24, 2.45) is 0 Å². The van der Waals surface area contributed by atoms with Crippen LogP contribution < -0.4 is 0 Å². The van der Waals surface area contributed by atoms with Gasteiger partial charge in [-0.2, -0.15) is 0 Å². The number of rotatable bonds is 1. The lowest BCUT2D eigenvalue weighted by Crippen LogP contribution is -2.41. The highest BCUT2D eigenvalue weighted by molar-refractivity contribution is 5.15. The van der Waals surface area contributed by atoms with Crippen LogP contribution in [0.5, 0.6) is 0 Å². The van der Waals surface area contributed by atoms with Gasteiger partial charge in [0.2, 0.25) is 0 Å². The first-order valence-electron chi connectivity index (χ1n) is 3.27. The van der Waals surface area contributed by atoms with Crippen molar-refractivity contribution in [3.63, 3.8) is 0 Å². The minimum absolute atomic E-state index is 0.0464. The molecule has 4 nitrogen and oxygen atoms in total. The summed E-state index contributed by atoms with van der Waals surface area (Å²) in [4.78, 5) is 0. The molecule has 1 unspecified atom stereocenters. The van der Waals surface area contributed by atoms with Crippen molar-refractivity contribution in [2.75, 3.05) is 6.61 Å². The molecule has 1 aliphatic rings. The smallest absolute Gasteiger partial charge is 0.180 e. The van der Waals surface area contributed by atoms with E-state index in [0.29, 0.717) is 0 Å². The first-order valence-corrected chi connectivity index (χ1v) is 3.27. The molecule has 3 atom stereocenters. The molecule has 0 aromatic rings. The van der Waals surface area contributed by atoms with Gasteiger partial charge in [0.25, 0.3) is 0 Å². The highest BCUT2D eigenvalue weighted by Gasteiger charge is 2.46. The molecule has 0 aliphatic carbocycles. The van der Waals surface area contributed by atoms with Crippen molar-refractivity contribution in [1.29, 1.82) is 0 Å². The van der Waals surface area contributed by atoms with Gasteiger partial charge in [-0.05, 0) is 0 Å². The molecule has 4 heteroatoms. The van der Waals surface area contributed by atoms with Crippen molar-refractivity contribution in [2.45, 2.75) is 24.4 Å². The van der Waals surface area contributed by atoms with E-state index in [0.717, 1.165) is 0 Å². The van der Waals surface area contributed by atoms with E-state index in [4.69, 9.17) is 21.4 Å². The molecular weight excluding hydrogens is 148 g/mol. The molecule has 62 valence electrons. The largest absolute Gasteiger partial charge is 0.392 e. The maximum atomic E-state index is 9.22. The first-order chi connectivity index (χ1) is 5.14. The summed E-state index contributed by atoms with van der Waals surface area (Å²) in [7, 11) is 0. The van der Waals surface area contributed by atoms with Crippen molar-refractivity contribution < 1.29 is 20.1 Å². The zero-order chi connectivity index (χ0) is 8.48. The SMILES string of the molecule is C#C[C@]1(CO)OC(O)C[C@@H]1O. The molecular formula is C7H10O4. The first kappa shape index (κ1) is 8.50. The Morgan fingerprint density at radius 1 is 1.64 bits per heavy atom. The van der Waals surface area contributed by atoms with Gasteiger partial charge in [0.15, 0.2) is 11.9 Å². The van der Waals surface area contributed by atoms with Crippen LogP contribution in [0, 0.1) is 12.3 Å². The quantitative estimate of drug-likeness (QED) is 0.404. The number of aliphatic hydroxyl groups is 3. The van der Waals surface area contributed by atoms with Crippen LogP contribution in [0.25, 0.3) is 0 Å². The van der Waals surface area contributed by atoms with Crippen molar-refractivity contribution in [1.82, 2.24) is 0 Å². The van der Waals surface area contributed by atoms with Crippen LogP contribution in [0.15, 0.2) is 0 Å². The Morgan fingerprint density at radius 2 is 2.27 bits per heavy atom. The molecule has 0 aromatic carbocycles. The molecule has 0 spiro atoms. The summed E-state index contributed by atoms with van der Waals surface area (Å²) in [5.74, 6) is 2.13. The third-order valence-corrected chi connectivity index (χ3v) is 1.79. The molecule has 3 N–H and O–H groups in total. The topological polar surface area (TPSA) is 69.9 Å². The summed E-state index contributed by atoms with van der Waals surface area (Å²) in [6.45, 7) is -0.484. The van der Waals surface area contributed by atoms with Gasteiger partial charge in [-0.1, -0.05) is 5.92 Å². The fraction of sp³-hybridized carbons (Fsp3) is 0.714.